The van der Waals surface area contributed by atoms with Gasteiger partial charge in [-0.2, -0.15) is 4.57 Å². The molecule has 0 radical (unpaired) electrons. The molecule has 0 saturated heterocycles. The van der Waals surface area contributed by atoms with Crippen molar-refractivity contribution in [3.8, 4) is 0 Å². The van der Waals surface area contributed by atoms with Crippen LogP contribution in [0.1, 0.15) is 16.1 Å². The summed E-state index contributed by atoms with van der Waals surface area (Å²) in [6.45, 7) is 2.36. The molecule has 2 rings (SSSR count). The Kier molecular flexibility index (Phi) is 3.05. The first-order valence-electron chi connectivity index (χ1n) is 5.15. The van der Waals surface area contributed by atoms with Crippen LogP contribution in [0.3, 0.4) is 0 Å². The summed E-state index contributed by atoms with van der Waals surface area (Å²) in [5.41, 5.74) is 1.77. The average Bonchev–Trinajstić information content (AvgIpc) is 2.33. The summed E-state index contributed by atoms with van der Waals surface area (Å²) >= 11 is 0. The van der Waals surface area contributed by atoms with Crippen molar-refractivity contribution < 1.29 is 9.36 Å². The van der Waals surface area contributed by atoms with Crippen molar-refractivity contribution >= 4 is 5.78 Å². The molecule has 0 N–H and O–H groups in total. The van der Waals surface area contributed by atoms with Gasteiger partial charge in [0.15, 0.2) is 11.9 Å². The Morgan fingerprint density at radius 1 is 1.25 bits per heavy atom. The van der Waals surface area contributed by atoms with Crippen molar-refractivity contribution in [1.29, 1.82) is 0 Å². The number of nitrogens with zero attached hydrogens (tertiary/aromatic N) is 2. The van der Waals surface area contributed by atoms with E-state index in [1.165, 1.54) is 0 Å². The van der Waals surface area contributed by atoms with Gasteiger partial charge in [-0.3, -0.25) is 9.78 Å². The second-order valence-electron chi connectivity index (χ2n) is 3.63. The zero-order valence-electron chi connectivity index (χ0n) is 9.13. The third kappa shape index (κ3) is 2.31. The SMILES string of the molecule is Cc1cccc[n+]1CC(=O)c1ccncc1. The van der Waals surface area contributed by atoms with E-state index >= 15 is 0 Å². The monoisotopic (exact) mass is 213 g/mol. The standard InChI is InChI=1S/C13H13N2O/c1-11-4-2-3-9-15(11)10-13(16)12-5-7-14-8-6-12/h2-9H,10H2,1H3/q+1. The molecule has 0 fully saturated rings. The molecular formula is C13H13N2O+. The minimum Gasteiger partial charge on any atom is -0.287 e. The topological polar surface area (TPSA) is 33.8 Å². The van der Waals surface area contributed by atoms with E-state index < -0.39 is 0 Å². The van der Waals surface area contributed by atoms with Crippen LogP contribution >= 0.6 is 0 Å². The minimum absolute atomic E-state index is 0.0988. The van der Waals surface area contributed by atoms with E-state index in [1.807, 2.05) is 35.9 Å². The molecule has 80 valence electrons. The van der Waals surface area contributed by atoms with Crippen molar-refractivity contribution in [2.45, 2.75) is 13.5 Å². The summed E-state index contributed by atoms with van der Waals surface area (Å²) in [6, 6.07) is 9.34. The summed E-state index contributed by atoms with van der Waals surface area (Å²) < 4.78 is 1.93. The lowest BCUT2D eigenvalue weighted by Gasteiger charge is -1.99. The second kappa shape index (κ2) is 4.66. The maximum Gasteiger partial charge on any atom is 0.227 e. The van der Waals surface area contributed by atoms with E-state index in [9.17, 15) is 4.79 Å². The minimum atomic E-state index is 0.0988. The van der Waals surface area contributed by atoms with E-state index in [1.54, 1.807) is 24.5 Å². The van der Waals surface area contributed by atoms with Crippen molar-refractivity contribution in [3.63, 3.8) is 0 Å². The predicted molar refractivity (Wildman–Crippen MR) is 59.9 cm³/mol. The lowest BCUT2D eigenvalue weighted by Crippen LogP contribution is -2.40. The third-order valence-corrected chi connectivity index (χ3v) is 2.48. The molecule has 0 bridgehead atoms. The fourth-order valence-corrected chi connectivity index (χ4v) is 1.52. The number of rotatable bonds is 3. The molecule has 0 unspecified atom stereocenters. The molecule has 0 aromatic carbocycles. The highest BCUT2D eigenvalue weighted by Gasteiger charge is 2.13. The van der Waals surface area contributed by atoms with Crippen LogP contribution in [-0.4, -0.2) is 10.8 Å². The number of carbonyl (C=O) groups is 1. The fourth-order valence-electron chi connectivity index (χ4n) is 1.52. The van der Waals surface area contributed by atoms with Crippen LogP contribution < -0.4 is 4.57 Å². The summed E-state index contributed by atoms with van der Waals surface area (Å²) in [7, 11) is 0. The van der Waals surface area contributed by atoms with Crippen LogP contribution in [0.15, 0.2) is 48.9 Å². The molecule has 0 aliphatic rings. The summed E-state index contributed by atoms with van der Waals surface area (Å²) in [4.78, 5) is 15.8. The van der Waals surface area contributed by atoms with E-state index in [0.29, 0.717) is 12.1 Å². The molecule has 16 heavy (non-hydrogen) atoms. The molecule has 3 heteroatoms. The number of hydrogen-bond donors (Lipinski definition) is 0. The lowest BCUT2D eigenvalue weighted by atomic mass is 10.2. The predicted octanol–water partition coefficient (Wildman–Crippen LogP) is 1.56. The van der Waals surface area contributed by atoms with Gasteiger partial charge in [-0.25, -0.2) is 0 Å². The van der Waals surface area contributed by atoms with Gasteiger partial charge in [0.05, 0.1) is 0 Å². The number of Topliss-reactive ketones (excluding diaryl/α,β-unsaturated/α-hetero) is 1. The first-order chi connectivity index (χ1) is 7.77. The van der Waals surface area contributed by atoms with Crippen LogP contribution in [-0.2, 0) is 6.54 Å². The molecule has 0 aliphatic carbocycles. The smallest absolute Gasteiger partial charge is 0.227 e. The van der Waals surface area contributed by atoms with E-state index in [-0.39, 0.29) is 5.78 Å². The zero-order chi connectivity index (χ0) is 11.4. The van der Waals surface area contributed by atoms with Crippen molar-refractivity contribution in [2.75, 3.05) is 0 Å². The Hall–Kier alpha value is -2.03. The highest BCUT2D eigenvalue weighted by atomic mass is 16.1. The van der Waals surface area contributed by atoms with Gasteiger partial charge in [0.2, 0.25) is 12.3 Å². The first-order valence-corrected chi connectivity index (χ1v) is 5.15. The molecule has 0 aliphatic heterocycles. The van der Waals surface area contributed by atoms with Gasteiger partial charge in [-0.1, -0.05) is 6.07 Å². The normalized spacial score (nSPS) is 10.1. The molecular weight excluding hydrogens is 200 g/mol. The number of pyridine rings is 2. The molecule has 3 nitrogen and oxygen atoms in total. The Bertz CT molecular complexity index is 494. The number of ketones is 1. The van der Waals surface area contributed by atoms with Crippen LogP contribution in [0.2, 0.25) is 0 Å². The fraction of sp³-hybridized carbons (Fsp3) is 0.154. The molecule has 2 aromatic heterocycles. The van der Waals surface area contributed by atoms with Gasteiger partial charge < -0.3 is 0 Å². The summed E-state index contributed by atoms with van der Waals surface area (Å²) in [5.74, 6) is 0.0988. The van der Waals surface area contributed by atoms with E-state index in [0.717, 1.165) is 5.69 Å². The van der Waals surface area contributed by atoms with Gasteiger partial charge in [-0.15, -0.1) is 0 Å². The number of aryl methyl sites for hydroxylation is 1. The second-order valence-corrected chi connectivity index (χ2v) is 3.63. The molecule has 0 atom stereocenters. The van der Waals surface area contributed by atoms with Gasteiger partial charge in [-0.05, 0) is 12.1 Å². The summed E-state index contributed by atoms with van der Waals surface area (Å²) in [6.07, 6.45) is 5.18. The van der Waals surface area contributed by atoms with Crippen LogP contribution in [0.5, 0.6) is 0 Å². The van der Waals surface area contributed by atoms with Crippen molar-refractivity contribution in [1.82, 2.24) is 4.98 Å². The number of carbonyl (C=O) groups excluding carboxylic acids is 1. The zero-order valence-corrected chi connectivity index (χ0v) is 9.13. The number of aromatic nitrogens is 2. The molecule has 0 saturated carbocycles. The van der Waals surface area contributed by atoms with E-state index in [2.05, 4.69) is 4.98 Å². The van der Waals surface area contributed by atoms with Crippen molar-refractivity contribution in [3.05, 3.63) is 60.2 Å². The average molecular weight is 213 g/mol. The maximum absolute atomic E-state index is 11.9. The largest absolute Gasteiger partial charge is 0.287 e. The van der Waals surface area contributed by atoms with Gasteiger partial charge >= 0.3 is 0 Å². The van der Waals surface area contributed by atoms with Crippen molar-refractivity contribution in [2.24, 2.45) is 0 Å². The molecule has 2 aromatic rings. The lowest BCUT2D eigenvalue weighted by molar-refractivity contribution is -0.689. The van der Waals surface area contributed by atoms with Gasteiger partial charge in [0.1, 0.15) is 0 Å². The maximum atomic E-state index is 11.9. The Labute approximate surface area is 94.4 Å². The van der Waals surface area contributed by atoms with Crippen LogP contribution in [0, 0.1) is 6.92 Å². The molecule has 0 spiro atoms. The molecule has 2 heterocycles. The Morgan fingerprint density at radius 2 is 2.00 bits per heavy atom. The highest BCUT2D eigenvalue weighted by Crippen LogP contribution is 1.98. The van der Waals surface area contributed by atoms with Crippen LogP contribution in [0.4, 0.5) is 0 Å². The molecule has 0 amide bonds. The van der Waals surface area contributed by atoms with Gasteiger partial charge in [0, 0.05) is 37.0 Å². The third-order valence-electron chi connectivity index (χ3n) is 2.48. The van der Waals surface area contributed by atoms with Crippen LogP contribution in [0.25, 0.3) is 0 Å². The number of hydrogen-bond acceptors (Lipinski definition) is 2. The summed E-state index contributed by atoms with van der Waals surface area (Å²) in [5, 5.41) is 0. The van der Waals surface area contributed by atoms with Gasteiger partial charge in [0.25, 0.3) is 0 Å². The highest BCUT2D eigenvalue weighted by molar-refractivity contribution is 5.94. The Morgan fingerprint density at radius 3 is 2.69 bits per heavy atom. The van der Waals surface area contributed by atoms with E-state index in [4.69, 9.17) is 0 Å². The first kappa shape index (κ1) is 10.5. The quantitative estimate of drug-likeness (QED) is 0.572. The Balaban J connectivity index is 2.18.